The number of halogens is 1. The monoisotopic (exact) mass is 344 g/mol. The summed E-state index contributed by atoms with van der Waals surface area (Å²) in [5, 5.41) is 6.72. The van der Waals surface area contributed by atoms with Crippen molar-refractivity contribution in [3.05, 3.63) is 64.7 Å². The summed E-state index contributed by atoms with van der Waals surface area (Å²) in [7, 11) is 0. The average molecular weight is 345 g/mol. The minimum absolute atomic E-state index is 0.0933. The van der Waals surface area contributed by atoms with Gasteiger partial charge in [0.25, 0.3) is 5.91 Å². The van der Waals surface area contributed by atoms with Gasteiger partial charge in [-0.1, -0.05) is 30.7 Å². The van der Waals surface area contributed by atoms with E-state index in [0.29, 0.717) is 17.1 Å². The van der Waals surface area contributed by atoms with Crippen molar-refractivity contribution in [1.29, 1.82) is 0 Å². The number of thioether (sulfide) groups is 1. The van der Waals surface area contributed by atoms with E-state index in [1.165, 1.54) is 4.90 Å². The van der Waals surface area contributed by atoms with Gasteiger partial charge in [-0.2, -0.15) is 5.10 Å². The highest BCUT2D eigenvalue weighted by Crippen LogP contribution is 2.23. The van der Waals surface area contributed by atoms with Crippen LogP contribution in [0.15, 0.2) is 58.5 Å². The number of benzene rings is 2. The SMILES string of the molecule is CSc1ccc(C2=NN(C(=O)c3ccc(Cl)cc3)CC2C)cc1. The third kappa shape index (κ3) is 3.43. The van der Waals surface area contributed by atoms with Gasteiger partial charge >= 0.3 is 0 Å². The van der Waals surface area contributed by atoms with Crippen molar-refractivity contribution in [2.75, 3.05) is 12.8 Å². The fourth-order valence-corrected chi connectivity index (χ4v) is 3.12. The molecule has 23 heavy (non-hydrogen) atoms. The van der Waals surface area contributed by atoms with Crippen molar-refractivity contribution in [1.82, 2.24) is 5.01 Å². The third-order valence-electron chi connectivity index (χ3n) is 3.85. The van der Waals surface area contributed by atoms with Crippen molar-refractivity contribution >= 4 is 35.0 Å². The highest BCUT2D eigenvalue weighted by molar-refractivity contribution is 7.98. The summed E-state index contributed by atoms with van der Waals surface area (Å²) in [6.45, 7) is 2.69. The van der Waals surface area contributed by atoms with Gasteiger partial charge in [-0.05, 0) is 48.2 Å². The number of amides is 1. The summed E-state index contributed by atoms with van der Waals surface area (Å²) in [6, 6.07) is 15.2. The Morgan fingerprint density at radius 2 is 1.83 bits per heavy atom. The topological polar surface area (TPSA) is 32.7 Å². The molecule has 1 unspecified atom stereocenters. The second-order valence-corrected chi connectivity index (χ2v) is 6.83. The summed E-state index contributed by atoms with van der Waals surface area (Å²) in [6.07, 6.45) is 2.05. The van der Waals surface area contributed by atoms with Gasteiger partial charge in [0.1, 0.15) is 0 Å². The minimum Gasteiger partial charge on any atom is -0.267 e. The van der Waals surface area contributed by atoms with Gasteiger partial charge in [0, 0.05) is 21.4 Å². The summed E-state index contributed by atoms with van der Waals surface area (Å²) in [4.78, 5) is 13.8. The number of hydrogen-bond acceptors (Lipinski definition) is 3. The maximum atomic E-state index is 12.6. The van der Waals surface area contributed by atoms with E-state index in [4.69, 9.17) is 11.6 Å². The molecule has 0 spiro atoms. The van der Waals surface area contributed by atoms with E-state index >= 15 is 0 Å². The number of carbonyl (C=O) groups is 1. The molecule has 0 saturated carbocycles. The first kappa shape index (κ1) is 16.1. The maximum Gasteiger partial charge on any atom is 0.273 e. The van der Waals surface area contributed by atoms with Gasteiger partial charge in [0.2, 0.25) is 0 Å². The number of carbonyl (C=O) groups excluding carboxylic acids is 1. The van der Waals surface area contributed by atoms with Crippen LogP contribution in [0.2, 0.25) is 5.02 Å². The third-order valence-corrected chi connectivity index (χ3v) is 4.85. The highest BCUT2D eigenvalue weighted by atomic mass is 35.5. The van der Waals surface area contributed by atoms with Crippen LogP contribution in [0.3, 0.4) is 0 Å². The molecule has 1 atom stereocenters. The van der Waals surface area contributed by atoms with Crippen LogP contribution in [0.25, 0.3) is 0 Å². The molecule has 0 N–H and O–H groups in total. The number of rotatable bonds is 3. The molecule has 118 valence electrons. The van der Waals surface area contributed by atoms with Gasteiger partial charge in [-0.3, -0.25) is 4.79 Å². The Hall–Kier alpha value is -1.78. The Morgan fingerprint density at radius 1 is 1.17 bits per heavy atom. The Kier molecular flexibility index (Phi) is 4.74. The van der Waals surface area contributed by atoms with Crippen LogP contribution >= 0.6 is 23.4 Å². The molecule has 3 nitrogen and oxygen atoms in total. The fourth-order valence-electron chi connectivity index (χ4n) is 2.59. The first-order valence-electron chi connectivity index (χ1n) is 7.39. The summed E-state index contributed by atoms with van der Waals surface area (Å²) < 4.78 is 0. The lowest BCUT2D eigenvalue weighted by molar-refractivity contribution is 0.0769. The predicted molar refractivity (Wildman–Crippen MR) is 96.4 cm³/mol. The summed E-state index contributed by atoms with van der Waals surface area (Å²) in [5.41, 5.74) is 2.63. The van der Waals surface area contributed by atoms with Crippen molar-refractivity contribution in [2.24, 2.45) is 11.0 Å². The van der Waals surface area contributed by atoms with Gasteiger partial charge in [0.05, 0.1) is 12.3 Å². The van der Waals surface area contributed by atoms with Crippen molar-refractivity contribution < 1.29 is 4.79 Å². The lowest BCUT2D eigenvalue weighted by atomic mass is 9.99. The zero-order valence-corrected chi connectivity index (χ0v) is 14.6. The molecule has 2 aromatic rings. The normalized spacial score (nSPS) is 17.3. The summed E-state index contributed by atoms with van der Waals surface area (Å²) in [5.74, 6) is 0.121. The quantitative estimate of drug-likeness (QED) is 0.765. The van der Waals surface area contributed by atoms with Crippen LogP contribution in [0, 0.1) is 5.92 Å². The smallest absolute Gasteiger partial charge is 0.267 e. The van der Waals surface area contributed by atoms with Crippen LogP contribution in [0.4, 0.5) is 0 Å². The van der Waals surface area contributed by atoms with E-state index in [0.717, 1.165) is 11.3 Å². The summed E-state index contributed by atoms with van der Waals surface area (Å²) >= 11 is 7.58. The van der Waals surface area contributed by atoms with Crippen LogP contribution in [0.5, 0.6) is 0 Å². The molecule has 5 heteroatoms. The largest absolute Gasteiger partial charge is 0.273 e. The van der Waals surface area contributed by atoms with Gasteiger partial charge in [-0.15, -0.1) is 11.8 Å². The molecule has 0 radical (unpaired) electrons. The number of hydrogen-bond donors (Lipinski definition) is 0. The van der Waals surface area contributed by atoms with Crippen LogP contribution in [0.1, 0.15) is 22.8 Å². The van der Waals surface area contributed by atoms with Crippen LogP contribution in [-0.4, -0.2) is 29.4 Å². The van der Waals surface area contributed by atoms with Gasteiger partial charge < -0.3 is 0 Å². The van der Waals surface area contributed by atoms with Crippen molar-refractivity contribution in [3.63, 3.8) is 0 Å². The lowest BCUT2D eigenvalue weighted by Gasteiger charge is -2.12. The first-order valence-corrected chi connectivity index (χ1v) is 8.99. The van der Waals surface area contributed by atoms with Gasteiger partial charge in [-0.25, -0.2) is 5.01 Å². The Morgan fingerprint density at radius 3 is 2.43 bits per heavy atom. The fraction of sp³-hybridized carbons (Fsp3) is 0.222. The Bertz CT molecular complexity index is 741. The molecular weight excluding hydrogens is 328 g/mol. The average Bonchev–Trinajstić information content (AvgIpc) is 2.97. The molecule has 1 aliphatic rings. The van der Waals surface area contributed by atoms with Gasteiger partial charge in [0.15, 0.2) is 0 Å². The molecule has 1 heterocycles. The Labute approximate surface area is 145 Å². The first-order chi connectivity index (χ1) is 11.1. The van der Waals surface area contributed by atoms with Crippen molar-refractivity contribution in [3.8, 4) is 0 Å². The molecule has 3 rings (SSSR count). The molecule has 0 aromatic heterocycles. The van der Waals surface area contributed by atoms with E-state index in [9.17, 15) is 4.79 Å². The predicted octanol–water partition coefficient (Wildman–Crippen LogP) is 4.56. The minimum atomic E-state index is -0.0933. The Balaban J connectivity index is 1.83. The second kappa shape index (κ2) is 6.77. The van der Waals surface area contributed by atoms with E-state index in [1.807, 2.05) is 0 Å². The second-order valence-electron chi connectivity index (χ2n) is 5.51. The van der Waals surface area contributed by atoms with E-state index in [-0.39, 0.29) is 11.8 Å². The maximum absolute atomic E-state index is 12.6. The van der Waals surface area contributed by atoms with Crippen molar-refractivity contribution in [2.45, 2.75) is 11.8 Å². The van der Waals surface area contributed by atoms with Crippen LogP contribution in [-0.2, 0) is 0 Å². The molecule has 1 amide bonds. The molecule has 0 saturated heterocycles. The molecule has 0 bridgehead atoms. The molecule has 1 aliphatic heterocycles. The molecule has 0 aliphatic carbocycles. The highest BCUT2D eigenvalue weighted by Gasteiger charge is 2.28. The molecule has 2 aromatic carbocycles. The lowest BCUT2D eigenvalue weighted by Crippen LogP contribution is -2.25. The standard InChI is InChI=1S/C18H17ClN2OS/c1-12-11-21(18(22)14-3-7-15(19)8-4-14)20-17(12)13-5-9-16(23-2)10-6-13/h3-10,12H,11H2,1-2H3. The zero-order chi connectivity index (χ0) is 16.4. The zero-order valence-electron chi connectivity index (χ0n) is 13.0. The van der Waals surface area contributed by atoms with E-state index < -0.39 is 0 Å². The number of hydrazone groups is 1. The number of nitrogens with zero attached hydrogens (tertiary/aromatic N) is 2. The molecular formula is C18H17ClN2OS. The van der Waals surface area contributed by atoms with E-state index in [1.54, 1.807) is 41.0 Å². The van der Waals surface area contributed by atoms with E-state index in [2.05, 4.69) is 42.5 Å². The molecule has 0 fully saturated rings. The van der Waals surface area contributed by atoms with Crippen LogP contribution < -0.4 is 0 Å².